The fraction of sp³-hybridized carbons (Fsp3) is 0.630. The minimum absolute atomic E-state index is 0.250. The molecular weight excluding hydrogens is 444 g/mol. The number of fused-ring (bicyclic) bond motifs is 3. The second-order valence-corrected chi connectivity index (χ2v) is 9.87. The number of anilines is 1. The molecule has 2 saturated heterocycles. The Hall–Kier alpha value is -2.58. The van der Waals surface area contributed by atoms with Gasteiger partial charge in [-0.3, -0.25) is 4.79 Å². The van der Waals surface area contributed by atoms with Crippen molar-refractivity contribution < 1.29 is 19.4 Å². The monoisotopic (exact) mass is 484 g/mol. The molecule has 3 aliphatic rings. The largest absolute Gasteiger partial charge is 0.493 e. The lowest BCUT2D eigenvalue weighted by atomic mass is 10.0. The predicted molar refractivity (Wildman–Crippen MR) is 139 cm³/mol. The van der Waals surface area contributed by atoms with Crippen LogP contribution in [0, 0.1) is 0 Å². The molecule has 1 aliphatic carbocycles. The van der Waals surface area contributed by atoms with E-state index in [2.05, 4.69) is 34.3 Å². The zero-order valence-corrected chi connectivity index (χ0v) is 21.2. The molecule has 0 atom stereocenters. The maximum Gasteiger partial charge on any atom is 0.290 e. The van der Waals surface area contributed by atoms with Crippen molar-refractivity contribution in [2.45, 2.75) is 57.4 Å². The summed E-state index contributed by atoms with van der Waals surface area (Å²) in [5, 5.41) is 11.9. The molecule has 8 heteroatoms. The van der Waals surface area contributed by atoms with Crippen molar-refractivity contribution in [1.29, 1.82) is 0 Å². The molecule has 35 heavy (non-hydrogen) atoms. The number of ether oxygens (including phenoxy) is 2. The molecule has 2 aromatic rings. The summed E-state index contributed by atoms with van der Waals surface area (Å²) in [7, 11) is 3.95. The molecular formula is C27H40N4O4. The van der Waals surface area contributed by atoms with Crippen LogP contribution in [0.15, 0.2) is 12.1 Å². The summed E-state index contributed by atoms with van der Waals surface area (Å²) in [4.78, 5) is 18.4. The number of piperidine rings is 1. The molecule has 2 aliphatic heterocycles. The highest BCUT2D eigenvalue weighted by Gasteiger charge is 2.24. The summed E-state index contributed by atoms with van der Waals surface area (Å²) >= 11 is 0. The van der Waals surface area contributed by atoms with Crippen LogP contribution in [-0.2, 0) is 17.6 Å². The molecule has 0 unspecified atom stereocenters. The van der Waals surface area contributed by atoms with E-state index in [0.717, 1.165) is 61.7 Å². The van der Waals surface area contributed by atoms with Crippen LogP contribution in [0.1, 0.15) is 49.7 Å². The number of aromatic nitrogens is 1. The predicted octanol–water partition coefficient (Wildman–Crippen LogP) is 3.80. The number of hydrogen-bond donors (Lipinski definition) is 2. The highest BCUT2D eigenvalue weighted by atomic mass is 16.5. The third-order valence-electron chi connectivity index (χ3n) is 7.48. The Morgan fingerprint density at radius 1 is 1.09 bits per heavy atom. The summed E-state index contributed by atoms with van der Waals surface area (Å²) in [6.45, 7) is 6.36. The maximum absolute atomic E-state index is 8.36. The van der Waals surface area contributed by atoms with E-state index in [9.17, 15) is 0 Å². The minimum Gasteiger partial charge on any atom is -0.493 e. The number of carbonyl (C=O) groups is 1. The van der Waals surface area contributed by atoms with Crippen LogP contribution in [0.5, 0.6) is 11.5 Å². The summed E-state index contributed by atoms with van der Waals surface area (Å²) in [6, 6.07) is 4.77. The molecule has 2 fully saturated rings. The zero-order chi connectivity index (χ0) is 24.6. The quantitative estimate of drug-likeness (QED) is 0.432. The van der Waals surface area contributed by atoms with Gasteiger partial charge in [0.2, 0.25) is 0 Å². The number of carboxylic acid groups (broad SMARTS) is 1. The van der Waals surface area contributed by atoms with E-state index in [4.69, 9.17) is 24.4 Å². The van der Waals surface area contributed by atoms with Gasteiger partial charge in [-0.15, -0.1) is 0 Å². The van der Waals surface area contributed by atoms with Crippen molar-refractivity contribution in [2.24, 2.45) is 0 Å². The lowest BCUT2D eigenvalue weighted by molar-refractivity contribution is -0.122. The highest BCUT2D eigenvalue weighted by Crippen LogP contribution is 2.39. The van der Waals surface area contributed by atoms with Crippen molar-refractivity contribution in [2.75, 3.05) is 58.8 Å². The van der Waals surface area contributed by atoms with E-state index >= 15 is 0 Å². The fourth-order valence-corrected chi connectivity index (χ4v) is 5.59. The first-order valence-corrected chi connectivity index (χ1v) is 13.0. The topological polar surface area (TPSA) is 87.2 Å². The summed E-state index contributed by atoms with van der Waals surface area (Å²) in [5.74, 6) is 2.74. The standard InChI is InChI=1S/C26H38N4O2.CH2O2/c1-29-14-9-19(10-15-29)27-26-21-8-5-7-20(21)22-17-24(31-2)25(18-23(22)28-26)32-16-6-13-30-11-3-4-12-30;2-1-3/h17-19H,3-16H2,1-2H3,(H,27,28);1H,(H,2,3). The average Bonchev–Trinajstić information content (AvgIpc) is 3.56. The first-order valence-electron chi connectivity index (χ1n) is 13.0. The minimum atomic E-state index is -0.250. The van der Waals surface area contributed by atoms with Crippen LogP contribution in [0.3, 0.4) is 0 Å². The Labute approximate surface area is 208 Å². The van der Waals surface area contributed by atoms with Gasteiger partial charge in [-0.1, -0.05) is 0 Å². The number of aryl methyl sites for hydroxylation is 1. The Morgan fingerprint density at radius 3 is 2.51 bits per heavy atom. The lowest BCUT2D eigenvalue weighted by Gasteiger charge is -2.30. The normalized spacial score (nSPS) is 18.7. The summed E-state index contributed by atoms with van der Waals surface area (Å²) < 4.78 is 11.9. The van der Waals surface area contributed by atoms with Gasteiger partial charge in [0.25, 0.3) is 6.47 Å². The van der Waals surface area contributed by atoms with Crippen LogP contribution < -0.4 is 14.8 Å². The number of methoxy groups -OCH3 is 1. The molecule has 192 valence electrons. The second-order valence-electron chi connectivity index (χ2n) is 9.87. The maximum atomic E-state index is 8.36. The van der Waals surface area contributed by atoms with Gasteiger partial charge in [0.15, 0.2) is 11.5 Å². The molecule has 0 amide bonds. The van der Waals surface area contributed by atoms with E-state index in [0.29, 0.717) is 12.6 Å². The van der Waals surface area contributed by atoms with Gasteiger partial charge in [-0.25, -0.2) is 4.98 Å². The summed E-state index contributed by atoms with van der Waals surface area (Å²) in [6.07, 6.45) is 9.52. The molecule has 8 nitrogen and oxygen atoms in total. The Bertz CT molecular complexity index is 985. The Morgan fingerprint density at radius 2 is 1.80 bits per heavy atom. The van der Waals surface area contributed by atoms with Gasteiger partial charge in [0, 0.05) is 24.0 Å². The third kappa shape index (κ3) is 6.35. The number of nitrogens with one attached hydrogen (secondary N) is 1. The second kappa shape index (κ2) is 12.4. The molecule has 1 aromatic carbocycles. The van der Waals surface area contributed by atoms with Crippen LogP contribution in [0.4, 0.5) is 5.82 Å². The van der Waals surface area contributed by atoms with Crippen LogP contribution >= 0.6 is 0 Å². The average molecular weight is 485 g/mol. The molecule has 5 rings (SSSR count). The number of pyridine rings is 1. The molecule has 0 bridgehead atoms. The Kier molecular flexibility index (Phi) is 9.04. The van der Waals surface area contributed by atoms with Gasteiger partial charge in [0.1, 0.15) is 5.82 Å². The van der Waals surface area contributed by atoms with Crippen molar-refractivity contribution in [3.8, 4) is 11.5 Å². The van der Waals surface area contributed by atoms with Crippen LogP contribution in [0.2, 0.25) is 0 Å². The van der Waals surface area contributed by atoms with E-state index in [1.807, 2.05) is 0 Å². The zero-order valence-electron chi connectivity index (χ0n) is 21.2. The number of benzene rings is 1. The van der Waals surface area contributed by atoms with Gasteiger partial charge >= 0.3 is 0 Å². The highest BCUT2D eigenvalue weighted by molar-refractivity contribution is 5.89. The number of hydrogen-bond acceptors (Lipinski definition) is 7. The van der Waals surface area contributed by atoms with Crippen molar-refractivity contribution in [1.82, 2.24) is 14.8 Å². The Balaban J connectivity index is 0.000000917. The molecule has 0 radical (unpaired) electrons. The molecule has 0 spiro atoms. The van der Waals surface area contributed by atoms with Crippen molar-refractivity contribution in [3.63, 3.8) is 0 Å². The molecule has 2 N–H and O–H groups in total. The lowest BCUT2D eigenvalue weighted by Crippen LogP contribution is -2.37. The van der Waals surface area contributed by atoms with Gasteiger partial charge in [-0.2, -0.15) is 0 Å². The smallest absolute Gasteiger partial charge is 0.290 e. The van der Waals surface area contributed by atoms with Gasteiger partial charge in [-0.05, 0) is 102 Å². The van der Waals surface area contributed by atoms with Crippen molar-refractivity contribution >= 4 is 23.2 Å². The number of nitrogens with zero attached hydrogens (tertiary/aromatic N) is 3. The van der Waals surface area contributed by atoms with Crippen LogP contribution in [-0.4, -0.2) is 85.9 Å². The number of rotatable bonds is 8. The fourth-order valence-electron chi connectivity index (χ4n) is 5.59. The first-order chi connectivity index (χ1) is 17.1. The molecule has 1 aromatic heterocycles. The first kappa shape index (κ1) is 25.5. The van der Waals surface area contributed by atoms with Crippen LogP contribution in [0.25, 0.3) is 10.9 Å². The van der Waals surface area contributed by atoms with Gasteiger partial charge in [0.05, 0.1) is 19.2 Å². The van der Waals surface area contributed by atoms with Crippen molar-refractivity contribution in [3.05, 3.63) is 23.3 Å². The number of likely N-dealkylation sites (tertiary alicyclic amines) is 2. The summed E-state index contributed by atoms with van der Waals surface area (Å²) in [5.41, 5.74) is 3.89. The molecule has 3 heterocycles. The van der Waals surface area contributed by atoms with E-state index in [1.165, 1.54) is 61.7 Å². The van der Waals surface area contributed by atoms with E-state index < -0.39 is 0 Å². The van der Waals surface area contributed by atoms with Gasteiger partial charge < -0.3 is 29.7 Å². The third-order valence-corrected chi connectivity index (χ3v) is 7.48. The molecule has 0 saturated carbocycles. The van der Waals surface area contributed by atoms with E-state index in [-0.39, 0.29) is 6.47 Å². The SMILES string of the molecule is COc1cc2c3c(c(NC4CCN(C)CC4)nc2cc1OCCCN1CCCC1)CCC3.O=CO. The van der Waals surface area contributed by atoms with E-state index in [1.54, 1.807) is 7.11 Å².